The van der Waals surface area contributed by atoms with Gasteiger partial charge in [-0.05, 0) is 38.8 Å². The van der Waals surface area contributed by atoms with Crippen LogP contribution in [0.5, 0.6) is 0 Å². The van der Waals surface area contributed by atoms with Gasteiger partial charge in [0.25, 0.3) is 0 Å². The first-order chi connectivity index (χ1) is 7.16. The highest BCUT2D eigenvalue weighted by atomic mass is 16.3. The normalized spacial score (nSPS) is 26.7. The van der Waals surface area contributed by atoms with Crippen molar-refractivity contribution in [3.63, 3.8) is 0 Å². The molecule has 2 unspecified atom stereocenters. The summed E-state index contributed by atoms with van der Waals surface area (Å²) in [5.41, 5.74) is 2.21. The van der Waals surface area contributed by atoms with Crippen LogP contribution in [0.2, 0.25) is 0 Å². The molecule has 1 saturated heterocycles. The Hall–Kier alpha value is -1.09. The van der Waals surface area contributed by atoms with E-state index in [1.807, 2.05) is 19.2 Å². The number of rotatable bonds is 1. The van der Waals surface area contributed by atoms with Crippen molar-refractivity contribution < 1.29 is 5.11 Å². The Morgan fingerprint density at radius 1 is 1.47 bits per heavy atom. The molecule has 3 heteroatoms. The van der Waals surface area contributed by atoms with Crippen molar-refractivity contribution in [1.29, 1.82) is 0 Å². The van der Waals surface area contributed by atoms with Crippen LogP contribution in [0.15, 0.2) is 18.3 Å². The smallest absolute Gasteiger partial charge is 0.0576 e. The molecule has 1 N–H and O–H groups in total. The second-order valence-corrected chi connectivity index (χ2v) is 4.38. The minimum Gasteiger partial charge on any atom is -0.393 e. The molecule has 0 spiro atoms. The molecule has 1 aromatic rings. The first kappa shape index (κ1) is 10.4. The highest BCUT2D eigenvalue weighted by molar-refractivity contribution is 5.46. The van der Waals surface area contributed by atoms with Crippen LogP contribution in [0.3, 0.4) is 0 Å². The predicted molar refractivity (Wildman–Crippen MR) is 61.0 cm³/mol. The van der Waals surface area contributed by atoms with Gasteiger partial charge in [0.1, 0.15) is 0 Å². The number of aliphatic hydroxyl groups is 1. The van der Waals surface area contributed by atoms with Gasteiger partial charge in [0.2, 0.25) is 0 Å². The highest BCUT2D eigenvalue weighted by Gasteiger charge is 2.23. The van der Waals surface area contributed by atoms with Crippen molar-refractivity contribution in [3.8, 4) is 0 Å². The number of hydrogen-bond acceptors (Lipinski definition) is 3. The fourth-order valence-corrected chi connectivity index (χ4v) is 2.16. The maximum Gasteiger partial charge on any atom is 0.0576 e. The minimum absolute atomic E-state index is 0.130. The lowest BCUT2D eigenvalue weighted by Gasteiger charge is -2.37. The summed E-state index contributed by atoms with van der Waals surface area (Å²) < 4.78 is 0. The van der Waals surface area contributed by atoms with E-state index in [0.717, 1.165) is 25.1 Å². The van der Waals surface area contributed by atoms with E-state index in [0.29, 0.717) is 6.04 Å². The van der Waals surface area contributed by atoms with Crippen LogP contribution in [0.25, 0.3) is 0 Å². The van der Waals surface area contributed by atoms with E-state index < -0.39 is 0 Å². The summed E-state index contributed by atoms with van der Waals surface area (Å²) in [6.07, 6.45) is 3.50. The molecule has 0 saturated carbocycles. The molecule has 1 aliphatic heterocycles. The number of anilines is 1. The van der Waals surface area contributed by atoms with Crippen molar-refractivity contribution >= 4 is 5.69 Å². The van der Waals surface area contributed by atoms with Crippen molar-refractivity contribution in [2.24, 2.45) is 0 Å². The quantitative estimate of drug-likeness (QED) is 0.760. The summed E-state index contributed by atoms with van der Waals surface area (Å²) in [4.78, 5) is 6.62. The number of aromatic nitrogens is 1. The Balaban J connectivity index is 2.13. The van der Waals surface area contributed by atoms with E-state index in [2.05, 4.69) is 22.9 Å². The summed E-state index contributed by atoms with van der Waals surface area (Å²) in [7, 11) is 0. The summed E-state index contributed by atoms with van der Waals surface area (Å²) in [6, 6.07) is 4.54. The van der Waals surface area contributed by atoms with Crippen LogP contribution in [-0.2, 0) is 0 Å². The Bertz CT molecular complexity index is 323. The average molecular weight is 206 g/mol. The molecule has 0 bridgehead atoms. The molecule has 0 aliphatic carbocycles. The van der Waals surface area contributed by atoms with Gasteiger partial charge < -0.3 is 10.0 Å². The van der Waals surface area contributed by atoms with Gasteiger partial charge in [-0.25, -0.2) is 0 Å². The van der Waals surface area contributed by atoms with E-state index in [1.165, 1.54) is 5.69 Å². The maximum atomic E-state index is 9.55. The van der Waals surface area contributed by atoms with Crippen LogP contribution >= 0.6 is 0 Å². The van der Waals surface area contributed by atoms with Gasteiger partial charge in [-0.1, -0.05) is 0 Å². The van der Waals surface area contributed by atoms with E-state index >= 15 is 0 Å². The van der Waals surface area contributed by atoms with Crippen LogP contribution < -0.4 is 4.90 Å². The van der Waals surface area contributed by atoms with Crippen LogP contribution in [0, 0.1) is 6.92 Å². The second-order valence-electron chi connectivity index (χ2n) is 4.38. The SMILES string of the molecule is Cc1ccc(N2CCC(O)CC2C)cn1. The molecule has 0 amide bonds. The molecule has 3 nitrogen and oxygen atoms in total. The van der Waals surface area contributed by atoms with E-state index in [-0.39, 0.29) is 6.10 Å². The summed E-state index contributed by atoms with van der Waals surface area (Å²) >= 11 is 0. The Labute approximate surface area is 90.8 Å². The molecule has 2 atom stereocenters. The summed E-state index contributed by atoms with van der Waals surface area (Å²) in [5.74, 6) is 0. The molecule has 0 radical (unpaired) electrons. The molecule has 82 valence electrons. The molecule has 1 aliphatic rings. The van der Waals surface area contributed by atoms with Crippen molar-refractivity contribution in [2.45, 2.75) is 38.8 Å². The zero-order valence-electron chi connectivity index (χ0n) is 9.35. The molecular formula is C12H18N2O. The van der Waals surface area contributed by atoms with Crippen LogP contribution in [0.1, 0.15) is 25.5 Å². The van der Waals surface area contributed by atoms with Crippen LogP contribution in [-0.4, -0.2) is 28.8 Å². The van der Waals surface area contributed by atoms with Gasteiger partial charge >= 0.3 is 0 Å². The second kappa shape index (κ2) is 4.19. The number of aliphatic hydroxyl groups excluding tert-OH is 1. The molecular weight excluding hydrogens is 188 g/mol. The average Bonchev–Trinajstić information content (AvgIpc) is 2.20. The molecule has 2 rings (SSSR count). The zero-order valence-corrected chi connectivity index (χ0v) is 9.35. The van der Waals surface area contributed by atoms with Crippen LogP contribution in [0.4, 0.5) is 5.69 Å². The lowest BCUT2D eigenvalue weighted by atomic mass is 10.0. The number of pyridine rings is 1. The molecule has 2 heterocycles. The highest BCUT2D eigenvalue weighted by Crippen LogP contribution is 2.24. The Kier molecular flexibility index (Phi) is 2.91. The molecule has 15 heavy (non-hydrogen) atoms. The largest absolute Gasteiger partial charge is 0.393 e. The van der Waals surface area contributed by atoms with Crippen molar-refractivity contribution in [1.82, 2.24) is 4.98 Å². The lowest BCUT2D eigenvalue weighted by Crippen LogP contribution is -2.42. The Morgan fingerprint density at radius 2 is 2.27 bits per heavy atom. The summed E-state index contributed by atoms with van der Waals surface area (Å²) in [5, 5.41) is 9.55. The number of hydrogen-bond donors (Lipinski definition) is 1. The number of aryl methyl sites for hydroxylation is 1. The van der Waals surface area contributed by atoms with Gasteiger partial charge in [-0.2, -0.15) is 0 Å². The van der Waals surface area contributed by atoms with Gasteiger partial charge in [-0.15, -0.1) is 0 Å². The van der Waals surface area contributed by atoms with Gasteiger partial charge in [0.05, 0.1) is 18.0 Å². The number of piperidine rings is 1. The summed E-state index contributed by atoms with van der Waals surface area (Å²) in [6.45, 7) is 5.07. The zero-order chi connectivity index (χ0) is 10.8. The van der Waals surface area contributed by atoms with E-state index in [4.69, 9.17) is 0 Å². The van der Waals surface area contributed by atoms with E-state index in [9.17, 15) is 5.11 Å². The maximum absolute atomic E-state index is 9.55. The fraction of sp³-hybridized carbons (Fsp3) is 0.583. The topological polar surface area (TPSA) is 36.4 Å². The molecule has 0 aromatic carbocycles. The fourth-order valence-electron chi connectivity index (χ4n) is 2.16. The Morgan fingerprint density at radius 3 is 2.87 bits per heavy atom. The minimum atomic E-state index is -0.130. The third kappa shape index (κ3) is 2.29. The van der Waals surface area contributed by atoms with Crippen molar-refractivity contribution in [2.75, 3.05) is 11.4 Å². The third-order valence-corrected chi connectivity index (χ3v) is 3.08. The standard InChI is InChI=1S/C12H18N2O/c1-9-3-4-11(8-13-9)14-6-5-12(15)7-10(14)2/h3-4,8,10,12,15H,5-7H2,1-2H3. The third-order valence-electron chi connectivity index (χ3n) is 3.08. The number of nitrogens with zero attached hydrogens (tertiary/aromatic N) is 2. The monoisotopic (exact) mass is 206 g/mol. The first-order valence-corrected chi connectivity index (χ1v) is 5.54. The first-order valence-electron chi connectivity index (χ1n) is 5.54. The van der Waals surface area contributed by atoms with Gasteiger partial charge in [-0.3, -0.25) is 4.98 Å². The predicted octanol–water partition coefficient (Wildman–Crippen LogP) is 1.74. The van der Waals surface area contributed by atoms with Gasteiger partial charge in [0.15, 0.2) is 0 Å². The molecule has 1 aromatic heterocycles. The lowest BCUT2D eigenvalue weighted by molar-refractivity contribution is 0.131. The van der Waals surface area contributed by atoms with Gasteiger partial charge in [0, 0.05) is 18.3 Å². The molecule has 1 fully saturated rings. The van der Waals surface area contributed by atoms with Crippen molar-refractivity contribution in [3.05, 3.63) is 24.0 Å². The van der Waals surface area contributed by atoms with E-state index in [1.54, 1.807) is 0 Å².